The van der Waals surface area contributed by atoms with Crippen molar-refractivity contribution in [1.29, 1.82) is 0 Å². The molecule has 0 aliphatic heterocycles. The van der Waals surface area contributed by atoms with Gasteiger partial charge in [0, 0.05) is 0 Å². The lowest BCUT2D eigenvalue weighted by atomic mass is 10.2. The Morgan fingerprint density at radius 1 is 1.27 bits per heavy atom. The highest BCUT2D eigenvalue weighted by Crippen LogP contribution is 2.14. The highest BCUT2D eigenvalue weighted by Gasteiger charge is 2.14. The molecule has 0 aliphatic carbocycles. The minimum absolute atomic E-state index is 0.0804. The minimum Gasteiger partial charge on any atom is -0.212 e. The minimum atomic E-state index is -3.53. The van der Waals surface area contributed by atoms with Gasteiger partial charge in [-0.25, -0.2) is 17.5 Å². The van der Waals surface area contributed by atoms with Gasteiger partial charge in [0.1, 0.15) is 10.8 Å². The quantitative estimate of drug-likeness (QED) is 0.754. The number of aromatic nitrogens is 4. The van der Waals surface area contributed by atoms with E-state index < -0.39 is 15.8 Å². The van der Waals surface area contributed by atoms with Crippen LogP contribution in [0.15, 0.2) is 24.3 Å². The zero-order valence-corrected chi connectivity index (χ0v) is 13.2. The Balaban J connectivity index is 1.67. The molecule has 0 spiro atoms. The molecule has 3 aromatic rings. The smallest absolute Gasteiger partial charge is 0.212 e. The van der Waals surface area contributed by atoms with E-state index in [0.717, 1.165) is 0 Å². The second-order valence-electron chi connectivity index (χ2n) is 4.64. The van der Waals surface area contributed by atoms with Crippen molar-refractivity contribution in [1.82, 2.24) is 24.5 Å². The molecule has 3 rings (SSSR count). The third-order valence-corrected chi connectivity index (χ3v) is 5.10. The van der Waals surface area contributed by atoms with Crippen LogP contribution in [-0.4, -0.2) is 28.2 Å². The lowest BCUT2D eigenvalue weighted by Crippen LogP contribution is -2.24. The molecule has 10 heteroatoms. The fourth-order valence-electron chi connectivity index (χ4n) is 1.85. The molecule has 0 aliphatic rings. The average Bonchev–Trinajstić information content (AvgIpc) is 3.02. The summed E-state index contributed by atoms with van der Waals surface area (Å²) in [5.74, 6) is 0.0343. The SMILES string of the molecule is Cc1nnc2sc(CNS(=O)(=O)Cc3ccc(F)cc3)nn12. The summed E-state index contributed by atoms with van der Waals surface area (Å²) in [6, 6.07) is 5.36. The van der Waals surface area contributed by atoms with Crippen LogP contribution in [0, 0.1) is 12.7 Å². The molecular formula is C12H12FN5O2S2. The van der Waals surface area contributed by atoms with Gasteiger partial charge in [-0.1, -0.05) is 23.5 Å². The summed E-state index contributed by atoms with van der Waals surface area (Å²) in [6.07, 6.45) is 0. The Bertz CT molecular complexity index is 901. The second-order valence-corrected chi connectivity index (χ2v) is 7.49. The van der Waals surface area contributed by atoms with Crippen molar-refractivity contribution in [2.45, 2.75) is 19.2 Å². The fraction of sp³-hybridized carbons (Fsp3) is 0.250. The topological polar surface area (TPSA) is 89.2 Å². The van der Waals surface area contributed by atoms with E-state index in [-0.39, 0.29) is 12.3 Å². The van der Waals surface area contributed by atoms with Gasteiger partial charge < -0.3 is 0 Å². The van der Waals surface area contributed by atoms with Crippen molar-refractivity contribution < 1.29 is 12.8 Å². The van der Waals surface area contributed by atoms with Crippen molar-refractivity contribution in [3.63, 3.8) is 0 Å². The first-order chi connectivity index (χ1) is 10.4. The number of benzene rings is 1. The first-order valence-electron chi connectivity index (χ1n) is 6.32. The lowest BCUT2D eigenvalue weighted by Gasteiger charge is -2.05. The summed E-state index contributed by atoms with van der Waals surface area (Å²) in [5.41, 5.74) is 0.517. The van der Waals surface area contributed by atoms with Crippen LogP contribution in [0.25, 0.3) is 4.96 Å². The van der Waals surface area contributed by atoms with Crippen molar-refractivity contribution >= 4 is 26.3 Å². The molecule has 0 atom stereocenters. The molecule has 2 heterocycles. The predicted molar refractivity (Wildman–Crippen MR) is 79.3 cm³/mol. The molecule has 0 amide bonds. The van der Waals surface area contributed by atoms with Crippen LogP contribution in [-0.2, 0) is 22.3 Å². The van der Waals surface area contributed by atoms with E-state index in [1.165, 1.54) is 35.6 Å². The Hall–Kier alpha value is -1.91. The standard InChI is InChI=1S/C12H12FN5O2S2/c1-8-15-16-12-18(8)17-11(21-12)6-14-22(19,20)7-9-2-4-10(13)5-3-9/h2-5,14H,6-7H2,1H3. The van der Waals surface area contributed by atoms with E-state index >= 15 is 0 Å². The number of aryl methyl sites for hydroxylation is 1. The molecule has 0 fully saturated rings. The number of hydrogen-bond donors (Lipinski definition) is 1. The Morgan fingerprint density at radius 3 is 2.68 bits per heavy atom. The molecule has 1 N–H and O–H groups in total. The Morgan fingerprint density at radius 2 is 2.00 bits per heavy atom. The summed E-state index contributed by atoms with van der Waals surface area (Å²) in [4.78, 5) is 0.616. The van der Waals surface area contributed by atoms with Crippen LogP contribution in [0.5, 0.6) is 0 Å². The van der Waals surface area contributed by atoms with Gasteiger partial charge in [0.05, 0.1) is 12.3 Å². The van der Waals surface area contributed by atoms with Crippen LogP contribution in [0.4, 0.5) is 4.39 Å². The van der Waals surface area contributed by atoms with Crippen LogP contribution < -0.4 is 4.72 Å². The van der Waals surface area contributed by atoms with Gasteiger partial charge >= 0.3 is 0 Å². The van der Waals surface area contributed by atoms with Crippen molar-refractivity contribution in [3.05, 3.63) is 46.5 Å². The van der Waals surface area contributed by atoms with Crippen LogP contribution in [0.1, 0.15) is 16.4 Å². The highest BCUT2D eigenvalue weighted by atomic mass is 32.2. The first-order valence-corrected chi connectivity index (χ1v) is 8.79. The van der Waals surface area contributed by atoms with Crippen LogP contribution >= 0.6 is 11.3 Å². The molecule has 0 saturated heterocycles. The van der Waals surface area contributed by atoms with Gasteiger partial charge in [-0.05, 0) is 24.6 Å². The molecule has 7 nitrogen and oxygen atoms in total. The van der Waals surface area contributed by atoms with Gasteiger partial charge in [0.15, 0.2) is 5.82 Å². The molecule has 1 aromatic carbocycles. The van der Waals surface area contributed by atoms with Gasteiger partial charge in [0.2, 0.25) is 15.0 Å². The number of nitrogens with zero attached hydrogens (tertiary/aromatic N) is 4. The number of hydrogen-bond acceptors (Lipinski definition) is 6. The summed E-state index contributed by atoms with van der Waals surface area (Å²) >= 11 is 1.27. The largest absolute Gasteiger partial charge is 0.234 e. The molecule has 0 saturated carbocycles. The van der Waals surface area contributed by atoms with Crippen molar-refractivity contribution in [3.8, 4) is 0 Å². The highest BCUT2D eigenvalue weighted by molar-refractivity contribution is 7.88. The number of halogens is 1. The molecule has 2 aromatic heterocycles. The fourth-order valence-corrected chi connectivity index (χ4v) is 3.85. The maximum absolute atomic E-state index is 12.8. The molecule has 0 unspecified atom stereocenters. The zero-order valence-electron chi connectivity index (χ0n) is 11.5. The Kier molecular flexibility index (Phi) is 3.89. The monoisotopic (exact) mass is 341 g/mol. The van der Waals surface area contributed by atoms with Crippen LogP contribution in [0.2, 0.25) is 0 Å². The lowest BCUT2D eigenvalue weighted by molar-refractivity contribution is 0.579. The third kappa shape index (κ3) is 3.29. The van der Waals surface area contributed by atoms with Crippen molar-refractivity contribution in [2.24, 2.45) is 0 Å². The van der Waals surface area contributed by atoms with E-state index in [1.807, 2.05) is 0 Å². The number of sulfonamides is 1. The summed E-state index contributed by atoms with van der Waals surface area (Å²) < 4.78 is 40.9. The molecule has 22 heavy (non-hydrogen) atoms. The maximum Gasteiger partial charge on any atom is 0.234 e. The van der Waals surface area contributed by atoms with E-state index in [1.54, 1.807) is 11.4 Å². The summed E-state index contributed by atoms with van der Waals surface area (Å²) in [5, 5.41) is 12.6. The molecule has 0 bridgehead atoms. The number of rotatable bonds is 5. The molecule has 0 radical (unpaired) electrons. The number of nitrogens with one attached hydrogen (secondary N) is 1. The zero-order chi connectivity index (χ0) is 15.7. The van der Waals surface area contributed by atoms with Gasteiger partial charge in [-0.2, -0.15) is 9.61 Å². The predicted octanol–water partition coefficient (Wildman–Crippen LogP) is 1.25. The van der Waals surface area contributed by atoms with E-state index in [2.05, 4.69) is 20.0 Å². The Labute approximate surface area is 129 Å². The van der Waals surface area contributed by atoms with Gasteiger partial charge in [-0.3, -0.25) is 0 Å². The van der Waals surface area contributed by atoms with E-state index in [9.17, 15) is 12.8 Å². The first kappa shape index (κ1) is 15.0. The molecular weight excluding hydrogens is 329 g/mol. The summed E-state index contributed by atoms with van der Waals surface area (Å²) in [6.45, 7) is 1.85. The summed E-state index contributed by atoms with van der Waals surface area (Å²) in [7, 11) is -3.53. The van der Waals surface area contributed by atoms with Gasteiger partial charge in [-0.15, -0.1) is 10.2 Å². The van der Waals surface area contributed by atoms with Crippen molar-refractivity contribution in [2.75, 3.05) is 0 Å². The third-order valence-electron chi connectivity index (χ3n) is 2.90. The normalized spacial score (nSPS) is 12.1. The molecule has 116 valence electrons. The van der Waals surface area contributed by atoms with Gasteiger partial charge in [0.25, 0.3) is 0 Å². The maximum atomic E-state index is 12.8. The average molecular weight is 341 g/mol. The van der Waals surface area contributed by atoms with Crippen LogP contribution in [0.3, 0.4) is 0 Å². The second kappa shape index (κ2) is 5.71. The number of fused-ring (bicyclic) bond motifs is 1. The van der Waals surface area contributed by atoms with E-state index in [4.69, 9.17) is 0 Å². The van der Waals surface area contributed by atoms with E-state index in [0.29, 0.717) is 21.4 Å².